The first-order valence-corrected chi connectivity index (χ1v) is 10.3. The second-order valence-corrected chi connectivity index (χ2v) is 8.00. The van der Waals surface area contributed by atoms with Crippen molar-refractivity contribution in [3.05, 3.63) is 71.7 Å². The molecule has 0 radical (unpaired) electrons. The van der Waals surface area contributed by atoms with Crippen molar-refractivity contribution in [2.45, 2.75) is 31.1 Å². The molecule has 5 rings (SSSR count). The van der Waals surface area contributed by atoms with Crippen molar-refractivity contribution < 1.29 is 4.79 Å². The summed E-state index contributed by atoms with van der Waals surface area (Å²) >= 11 is 0. The smallest absolute Gasteiger partial charge is 0.254 e. The van der Waals surface area contributed by atoms with E-state index in [1.165, 1.54) is 5.56 Å². The number of hydrogen-bond acceptors (Lipinski definition) is 3. The number of benzene rings is 1. The van der Waals surface area contributed by atoms with Gasteiger partial charge in [0.2, 0.25) is 0 Å². The van der Waals surface area contributed by atoms with Gasteiger partial charge in [-0.3, -0.25) is 4.79 Å². The van der Waals surface area contributed by atoms with Crippen molar-refractivity contribution in [2.75, 3.05) is 26.2 Å². The fraction of sp³-hybridized carbons (Fsp3) is 0.391. The molecule has 1 N–H and O–H groups in total. The van der Waals surface area contributed by atoms with Gasteiger partial charge < -0.3 is 14.6 Å². The van der Waals surface area contributed by atoms with Gasteiger partial charge in [-0.15, -0.1) is 0 Å². The van der Waals surface area contributed by atoms with Crippen molar-refractivity contribution in [3.8, 4) is 0 Å². The van der Waals surface area contributed by atoms with Gasteiger partial charge in [0.1, 0.15) is 5.65 Å². The van der Waals surface area contributed by atoms with Gasteiger partial charge in [0.05, 0.1) is 5.69 Å². The number of hydrogen-bond donors (Lipinski definition) is 1. The minimum atomic E-state index is -0.0718. The van der Waals surface area contributed by atoms with Crippen LogP contribution >= 0.6 is 0 Å². The first-order chi connectivity index (χ1) is 13.8. The minimum Gasteiger partial charge on any atom is -0.339 e. The van der Waals surface area contributed by atoms with Gasteiger partial charge in [0, 0.05) is 36.5 Å². The summed E-state index contributed by atoms with van der Waals surface area (Å²) in [5.41, 5.74) is 3.95. The van der Waals surface area contributed by atoms with E-state index in [4.69, 9.17) is 4.98 Å². The highest BCUT2D eigenvalue weighted by molar-refractivity contribution is 5.95. The molecule has 144 valence electrons. The van der Waals surface area contributed by atoms with Gasteiger partial charge in [0.15, 0.2) is 0 Å². The summed E-state index contributed by atoms with van der Waals surface area (Å²) in [4.78, 5) is 19.7. The normalized spacial score (nSPS) is 19.2. The number of carbonyl (C=O) groups excluding carboxylic acids is 1. The minimum absolute atomic E-state index is 0.0718. The number of likely N-dealkylation sites (tertiary alicyclic amines) is 1. The van der Waals surface area contributed by atoms with Crippen LogP contribution in [0.3, 0.4) is 0 Å². The number of rotatable bonds is 3. The van der Waals surface area contributed by atoms with Crippen LogP contribution in [0.5, 0.6) is 0 Å². The predicted molar refractivity (Wildman–Crippen MR) is 110 cm³/mol. The zero-order chi connectivity index (χ0) is 19.0. The molecule has 2 aliphatic rings. The Balaban J connectivity index is 1.55. The summed E-state index contributed by atoms with van der Waals surface area (Å²) in [6, 6.07) is 14.6. The van der Waals surface area contributed by atoms with Crippen LogP contribution in [0.15, 0.2) is 54.9 Å². The van der Waals surface area contributed by atoms with E-state index in [1.807, 2.05) is 23.2 Å². The first kappa shape index (κ1) is 17.4. The average Bonchev–Trinajstić information content (AvgIpc) is 3.44. The summed E-state index contributed by atoms with van der Waals surface area (Å²) in [7, 11) is 0. The molecular formula is C23H26N4O. The maximum absolute atomic E-state index is 12.8. The molecule has 2 fully saturated rings. The largest absolute Gasteiger partial charge is 0.339 e. The number of nitrogens with one attached hydrogen (secondary N) is 1. The number of carbonyl (C=O) groups is 1. The van der Waals surface area contributed by atoms with E-state index >= 15 is 0 Å². The zero-order valence-electron chi connectivity index (χ0n) is 16.1. The molecule has 2 aliphatic heterocycles. The average molecular weight is 374 g/mol. The van der Waals surface area contributed by atoms with Gasteiger partial charge in [-0.2, -0.15) is 0 Å². The van der Waals surface area contributed by atoms with Gasteiger partial charge in [0.25, 0.3) is 5.91 Å². The highest BCUT2D eigenvalue weighted by Crippen LogP contribution is 2.39. The Morgan fingerprint density at radius 1 is 1.04 bits per heavy atom. The van der Waals surface area contributed by atoms with Crippen molar-refractivity contribution in [1.82, 2.24) is 19.6 Å². The van der Waals surface area contributed by atoms with Gasteiger partial charge in [-0.05, 0) is 56.5 Å². The Bertz CT molecular complexity index is 982. The standard InChI is InChI=1S/C23H26N4O/c28-22(26-13-4-5-14-26)18-8-15-27-17-20(25-21(27)16-18)23(9-11-24-12-10-23)19-6-2-1-3-7-19/h1-3,6-8,15-17,24H,4-5,9-14H2. The second kappa shape index (κ2) is 7.06. The number of imidazole rings is 1. The van der Waals surface area contributed by atoms with Crippen LogP contribution in [0.2, 0.25) is 0 Å². The molecule has 0 bridgehead atoms. The molecule has 28 heavy (non-hydrogen) atoms. The summed E-state index contributed by atoms with van der Waals surface area (Å²) in [5.74, 6) is 0.129. The maximum atomic E-state index is 12.8. The molecule has 2 aromatic heterocycles. The van der Waals surface area contributed by atoms with Crippen molar-refractivity contribution in [1.29, 1.82) is 0 Å². The lowest BCUT2D eigenvalue weighted by Gasteiger charge is -2.37. The Hall–Kier alpha value is -2.66. The van der Waals surface area contributed by atoms with Crippen LogP contribution in [0.1, 0.15) is 47.3 Å². The molecule has 3 aromatic rings. The summed E-state index contributed by atoms with van der Waals surface area (Å²) in [6.45, 7) is 3.71. The van der Waals surface area contributed by atoms with E-state index in [9.17, 15) is 4.79 Å². The van der Waals surface area contributed by atoms with E-state index in [0.717, 1.165) is 68.8 Å². The lowest BCUT2D eigenvalue weighted by Crippen LogP contribution is -2.41. The molecule has 4 heterocycles. The van der Waals surface area contributed by atoms with E-state index in [1.54, 1.807) is 0 Å². The van der Waals surface area contributed by atoms with E-state index in [-0.39, 0.29) is 11.3 Å². The van der Waals surface area contributed by atoms with Crippen LogP contribution in [0.25, 0.3) is 5.65 Å². The third kappa shape index (κ3) is 2.90. The highest BCUT2D eigenvalue weighted by Gasteiger charge is 2.38. The lowest BCUT2D eigenvalue weighted by molar-refractivity contribution is 0.0793. The van der Waals surface area contributed by atoms with E-state index in [0.29, 0.717) is 0 Å². The molecule has 2 saturated heterocycles. The number of pyridine rings is 1. The maximum Gasteiger partial charge on any atom is 0.254 e. The summed E-state index contributed by atoms with van der Waals surface area (Å²) < 4.78 is 2.06. The highest BCUT2D eigenvalue weighted by atomic mass is 16.2. The second-order valence-electron chi connectivity index (χ2n) is 8.00. The molecular weight excluding hydrogens is 348 g/mol. The SMILES string of the molecule is O=C(c1ccn2cc(C3(c4ccccc4)CCNCC3)nc2c1)N1CCCC1. The molecule has 0 atom stereocenters. The quantitative estimate of drug-likeness (QED) is 0.766. The van der Waals surface area contributed by atoms with Crippen molar-refractivity contribution >= 4 is 11.6 Å². The molecule has 0 unspecified atom stereocenters. The van der Waals surface area contributed by atoms with E-state index in [2.05, 4.69) is 46.2 Å². The molecule has 5 nitrogen and oxygen atoms in total. The van der Waals surface area contributed by atoms with Crippen molar-refractivity contribution in [3.63, 3.8) is 0 Å². The zero-order valence-corrected chi connectivity index (χ0v) is 16.1. The molecule has 0 aliphatic carbocycles. The summed E-state index contributed by atoms with van der Waals surface area (Å²) in [6.07, 6.45) is 8.40. The van der Waals surface area contributed by atoms with Gasteiger partial charge in [-0.25, -0.2) is 4.98 Å². The number of nitrogens with zero attached hydrogens (tertiary/aromatic N) is 3. The lowest BCUT2D eigenvalue weighted by atomic mass is 9.71. The Kier molecular flexibility index (Phi) is 4.40. The van der Waals surface area contributed by atoms with Crippen LogP contribution in [0.4, 0.5) is 0 Å². The molecule has 5 heteroatoms. The van der Waals surface area contributed by atoms with Crippen molar-refractivity contribution in [2.24, 2.45) is 0 Å². The fourth-order valence-corrected chi connectivity index (χ4v) is 4.75. The van der Waals surface area contributed by atoms with Gasteiger partial charge in [-0.1, -0.05) is 30.3 Å². The Morgan fingerprint density at radius 2 is 1.79 bits per heavy atom. The van der Waals surface area contributed by atoms with Crippen LogP contribution in [0, 0.1) is 0 Å². The molecule has 1 aromatic carbocycles. The third-order valence-electron chi connectivity index (χ3n) is 6.37. The number of piperidine rings is 1. The Morgan fingerprint density at radius 3 is 2.54 bits per heavy atom. The fourth-order valence-electron chi connectivity index (χ4n) is 4.75. The van der Waals surface area contributed by atoms with Crippen LogP contribution in [-0.4, -0.2) is 46.4 Å². The molecule has 0 saturated carbocycles. The van der Waals surface area contributed by atoms with Crippen LogP contribution in [-0.2, 0) is 5.41 Å². The topological polar surface area (TPSA) is 49.6 Å². The monoisotopic (exact) mass is 374 g/mol. The number of aromatic nitrogens is 2. The van der Waals surface area contributed by atoms with Gasteiger partial charge >= 0.3 is 0 Å². The van der Waals surface area contributed by atoms with Crippen LogP contribution < -0.4 is 5.32 Å². The Labute approximate surface area is 165 Å². The predicted octanol–water partition coefficient (Wildman–Crippen LogP) is 3.24. The number of fused-ring (bicyclic) bond motifs is 1. The summed E-state index contributed by atoms with van der Waals surface area (Å²) in [5, 5.41) is 3.48. The number of amides is 1. The van der Waals surface area contributed by atoms with E-state index < -0.39 is 0 Å². The third-order valence-corrected chi connectivity index (χ3v) is 6.37. The molecule has 1 amide bonds. The first-order valence-electron chi connectivity index (χ1n) is 10.3. The molecule has 0 spiro atoms.